The number of nitrogens with one attached hydrogen (secondary N) is 1. The van der Waals surface area contributed by atoms with Gasteiger partial charge in [-0.15, -0.1) is 0 Å². The number of piperazine rings is 1. The number of likely N-dealkylation sites (N-methyl/N-ethyl adjacent to an activating group) is 1. The van der Waals surface area contributed by atoms with Crippen molar-refractivity contribution >= 4 is 33.7 Å². The van der Waals surface area contributed by atoms with Crippen molar-refractivity contribution in [2.24, 2.45) is 5.73 Å². The van der Waals surface area contributed by atoms with E-state index >= 15 is 0 Å². The zero-order valence-corrected chi connectivity index (χ0v) is 18.1. The fourth-order valence-corrected chi connectivity index (χ4v) is 3.97. The lowest BCUT2D eigenvalue weighted by atomic mass is 10.0. The van der Waals surface area contributed by atoms with E-state index in [0.717, 1.165) is 55.1 Å². The van der Waals surface area contributed by atoms with E-state index in [9.17, 15) is 13.6 Å². The molecule has 6 nitrogen and oxygen atoms in total. The second-order valence-corrected chi connectivity index (χ2v) is 7.87. The summed E-state index contributed by atoms with van der Waals surface area (Å²) in [5.74, 6) is -1.34. The summed E-state index contributed by atoms with van der Waals surface area (Å²) in [6.07, 6.45) is 0. The number of halogens is 2. The summed E-state index contributed by atoms with van der Waals surface area (Å²) in [7, 11) is 2.08. The van der Waals surface area contributed by atoms with Gasteiger partial charge in [0.15, 0.2) is 0 Å². The fourth-order valence-electron chi connectivity index (χ4n) is 3.97. The van der Waals surface area contributed by atoms with Crippen molar-refractivity contribution in [3.8, 4) is 5.75 Å². The Balaban J connectivity index is 1.88. The number of carbonyl (C=O) groups excluding carboxylic acids is 1. The Bertz CT molecular complexity index is 1160. The number of nitrogens with two attached hydrogens (primary N) is 1. The van der Waals surface area contributed by atoms with Gasteiger partial charge < -0.3 is 25.6 Å². The lowest BCUT2D eigenvalue weighted by Gasteiger charge is -2.35. The summed E-state index contributed by atoms with van der Waals surface area (Å²) in [5, 5.41) is 4.47. The minimum atomic E-state index is -0.761. The SMILES string of the molecule is CCOc1cc2ccc(C(N)=O)c(Nc3ccc(F)cc3F)c2cc1N1CCN([11CH3])CC1. The van der Waals surface area contributed by atoms with E-state index in [-0.39, 0.29) is 11.3 Å². The Morgan fingerprint density at radius 3 is 2.50 bits per heavy atom. The summed E-state index contributed by atoms with van der Waals surface area (Å²) in [5.41, 5.74) is 7.17. The number of amides is 1. The van der Waals surface area contributed by atoms with Gasteiger partial charge in [-0.1, -0.05) is 6.07 Å². The van der Waals surface area contributed by atoms with Gasteiger partial charge >= 0.3 is 0 Å². The third-order valence-electron chi connectivity index (χ3n) is 5.70. The zero-order chi connectivity index (χ0) is 22.8. The van der Waals surface area contributed by atoms with Crippen LogP contribution >= 0.6 is 0 Å². The highest BCUT2D eigenvalue weighted by atomic mass is 19.1. The van der Waals surface area contributed by atoms with Gasteiger partial charge in [0.1, 0.15) is 17.4 Å². The Morgan fingerprint density at radius 1 is 1.09 bits per heavy atom. The van der Waals surface area contributed by atoms with Gasteiger partial charge in [-0.05, 0) is 49.7 Å². The molecule has 1 aliphatic rings. The average Bonchev–Trinajstić information content (AvgIpc) is 2.76. The van der Waals surface area contributed by atoms with Crippen LogP contribution in [0.1, 0.15) is 17.3 Å². The van der Waals surface area contributed by atoms with Crippen molar-refractivity contribution in [3.05, 3.63) is 59.7 Å². The first-order valence-corrected chi connectivity index (χ1v) is 10.6. The number of anilines is 3. The van der Waals surface area contributed by atoms with Crippen molar-refractivity contribution in [3.63, 3.8) is 0 Å². The first-order valence-electron chi connectivity index (χ1n) is 10.6. The Morgan fingerprint density at radius 2 is 1.84 bits per heavy atom. The summed E-state index contributed by atoms with van der Waals surface area (Å²) in [4.78, 5) is 16.7. The molecule has 3 aromatic carbocycles. The van der Waals surface area contributed by atoms with Gasteiger partial charge in [-0.2, -0.15) is 0 Å². The second kappa shape index (κ2) is 9.00. The van der Waals surface area contributed by atoms with Crippen LogP contribution in [0.2, 0.25) is 0 Å². The quantitative estimate of drug-likeness (QED) is 0.605. The Labute approximate surface area is 185 Å². The molecule has 1 heterocycles. The van der Waals surface area contributed by atoms with Gasteiger partial charge in [0, 0.05) is 37.6 Å². The van der Waals surface area contributed by atoms with Gasteiger partial charge in [-0.25, -0.2) is 8.78 Å². The van der Waals surface area contributed by atoms with E-state index < -0.39 is 17.5 Å². The molecular formula is C24H26F2N4O2. The molecule has 4 rings (SSSR count). The minimum Gasteiger partial charge on any atom is -0.492 e. The molecule has 0 unspecified atom stereocenters. The summed E-state index contributed by atoms with van der Waals surface area (Å²) < 4.78 is 33.7. The van der Waals surface area contributed by atoms with E-state index in [1.165, 1.54) is 6.07 Å². The molecule has 1 saturated heterocycles. The van der Waals surface area contributed by atoms with Crippen molar-refractivity contribution in [1.29, 1.82) is 0 Å². The molecule has 0 saturated carbocycles. The second-order valence-electron chi connectivity index (χ2n) is 7.87. The Hall–Kier alpha value is -3.39. The molecule has 1 amide bonds. The van der Waals surface area contributed by atoms with Crippen molar-refractivity contribution in [2.75, 3.05) is 50.1 Å². The maximum Gasteiger partial charge on any atom is 0.250 e. The van der Waals surface area contributed by atoms with Crippen LogP contribution in [0.4, 0.5) is 25.8 Å². The zero-order valence-electron chi connectivity index (χ0n) is 18.1. The topological polar surface area (TPSA) is 70.8 Å². The first-order chi connectivity index (χ1) is 15.4. The van der Waals surface area contributed by atoms with Crippen LogP contribution in [0.5, 0.6) is 5.75 Å². The highest BCUT2D eigenvalue weighted by molar-refractivity contribution is 6.10. The number of fused-ring (bicyclic) bond motifs is 1. The predicted molar refractivity (Wildman–Crippen MR) is 123 cm³/mol. The molecule has 0 bridgehead atoms. The standard InChI is InChI=1S/C24H26F2N4O2/c1-3-32-22-12-15-4-6-17(24(27)31)23(28-20-7-5-16(25)13-19(20)26)18(15)14-21(22)30-10-8-29(2)9-11-30/h4-7,12-14,28H,3,8-11H2,1-2H3,(H2,27,31)/i2-1. The van der Waals surface area contributed by atoms with Crippen LogP contribution in [0.15, 0.2) is 42.5 Å². The number of rotatable bonds is 6. The molecule has 168 valence electrons. The normalized spacial score (nSPS) is 14.6. The van der Waals surface area contributed by atoms with E-state index in [2.05, 4.69) is 22.2 Å². The molecule has 8 heteroatoms. The monoisotopic (exact) mass is 439 g/mol. The predicted octanol–water partition coefficient (Wildman–Crippen LogP) is 4.11. The highest BCUT2D eigenvalue weighted by Crippen LogP contribution is 2.39. The van der Waals surface area contributed by atoms with E-state index in [4.69, 9.17) is 10.5 Å². The summed E-state index contributed by atoms with van der Waals surface area (Å²) in [6.45, 7) is 5.92. The molecule has 1 aliphatic heterocycles. The number of hydrogen-bond acceptors (Lipinski definition) is 5. The number of carbonyl (C=O) groups is 1. The maximum atomic E-state index is 14.4. The average molecular weight is 439 g/mol. The molecule has 32 heavy (non-hydrogen) atoms. The van der Waals surface area contributed by atoms with Gasteiger partial charge in [-0.3, -0.25) is 4.79 Å². The number of benzene rings is 3. The molecule has 0 aliphatic carbocycles. The molecule has 0 spiro atoms. The van der Waals surface area contributed by atoms with Crippen LogP contribution in [-0.4, -0.2) is 50.6 Å². The summed E-state index contributed by atoms with van der Waals surface area (Å²) in [6, 6.07) is 10.5. The third kappa shape index (κ3) is 4.31. The minimum absolute atomic E-state index is 0.0523. The molecule has 1 fully saturated rings. The number of primary amides is 1. The van der Waals surface area contributed by atoms with Crippen LogP contribution < -0.4 is 20.7 Å². The molecule has 0 aromatic heterocycles. The van der Waals surface area contributed by atoms with Gasteiger partial charge in [0.2, 0.25) is 0 Å². The number of nitrogens with zero attached hydrogens (tertiary/aromatic N) is 2. The van der Waals surface area contributed by atoms with Crippen LogP contribution in [0.3, 0.4) is 0 Å². The first kappa shape index (κ1) is 21.8. The lowest BCUT2D eigenvalue weighted by Crippen LogP contribution is -2.44. The van der Waals surface area contributed by atoms with Gasteiger partial charge in [0.25, 0.3) is 5.91 Å². The fraction of sp³-hybridized carbons (Fsp3) is 0.292. The number of hydrogen-bond donors (Lipinski definition) is 2. The van der Waals surface area contributed by atoms with E-state index in [1.807, 2.05) is 19.1 Å². The largest absolute Gasteiger partial charge is 0.492 e. The molecule has 3 N–H and O–H groups in total. The van der Waals surface area contributed by atoms with Crippen molar-refractivity contribution < 1.29 is 18.3 Å². The van der Waals surface area contributed by atoms with Crippen LogP contribution in [-0.2, 0) is 0 Å². The Kier molecular flexibility index (Phi) is 6.14. The summed E-state index contributed by atoms with van der Waals surface area (Å²) >= 11 is 0. The van der Waals surface area contributed by atoms with Crippen LogP contribution in [0, 0.1) is 11.6 Å². The smallest absolute Gasteiger partial charge is 0.250 e. The van der Waals surface area contributed by atoms with E-state index in [1.54, 1.807) is 12.1 Å². The van der Waals surface area contributed by atoms with E-state index in [0.29, 0.717) is 17.7 Å². The van der Waals surface area contributed by atoms with Gasteiger partial charge in [0.05, 0.1) is 29.2 Å². The molecule has 0 atom stereocenters. The molecule has 0 radical (unpaired) electrons. The number of ether oxygens (including phenoxy) is 1. The molecular weight excluding hydrogens is 413 g/mol. The third-order valence-corrected chi connectivity index (χ3v) is 5.70. The highest BCUT2D eigenvalue weighted by Gasteiger charge is 2.21. The maximum absolute atomic E-state index is 14.4. The van der Waals surface area contributed by atoms with Crippen molar-refractivity contribution in [1.82, 2.24) is 4.90 Å². The lowest BCUT2D eigenvalue weighted by molar-refractivity contribution is 0.100. The molecule has 3 aromatic rings. The van der Waals surface area contributed by atoms with Crippen LogP contribution in [0.25, 0.3) is 10.8 Å². The van der Waals surface area contributed by atoms with Crippen molar-refractivity contribution in [2.45, 2.75) is 6.92 Å².